The molecule has 0 aliphatic heterocycles. The Hall–Kier alpha value is -2.06. The van der Waals surface area contributed by atoms with Gasteiger partial charge in [-0.25, -0.2) is 4.98 Å². The molecule has 0 fully saturated rings. The standard InChI is InChI=1S/C11H16F3N5O/c1-3-15-10-18-8(11(12,13)14)6-9(19-10)17-5-4-16-7(2)20/h6H,3-5H2,1-2H3,(H,16,20)(H2,15,17,18,19). The fourth-order valence-corrected chi connectivity index (χ4v) is 1.35. The Kier molecular flexibility index (Phi) is 5.53. The molecule has 3 N–H and O–H groups in total. The van der Waals surface area contributed by atoms with Gasteiger partial charge in [0.05, 0.1) is 0 Å². The van der Waals surface area contributed by atoms with E-state index in [1.807, 2.05) is 0 Å². The maximum Gasteiger partial charge on any atom is 0.433 e. The third-order valence-corrected chi connectivity index (χ3v) is 2.16. The van der Waals surface area contributed by atoms with E-state index in [9.17, 15) is 18.0 Å². The third kappa shape index (κ3) is 5.29. The summed E-state index contributed by atoms with van der Waals surface area (Å²) in [7, 11) is 0. The summed E-state index contributed by atoms with van der Waals surface area (Å²) >= 11 is 0. The summed E-state index contributed by atoms with van der Waals surface area (Å²) in [5.74, 6) is -0.253. The lowest BCUT2D eigenvalue weighted by molar-refractivity contribution is -0.141. The monoisotopic (exact) mass is 291 g/mol. The van der Waals surface area contributed by atoms with E-state index in [1.54, 1.807) is 6.92 Å². The molecule has 9 heteroatoms. The van der Waals surface area contributed by atoms with Gasteiger partial charge >= 0.3 is 6.18 Å². The highest BCUT2D eigenvalue weighted by atomic mass is 19.4. The molecule has 0 atom stereocenters. The van der Waals surface area contributed by atoms with E-state index in [0.29, 0.717) is 6.54 Å². The van der Waals surface area contributed by atoms with E-state index in [0.717, 1.165) is 6.07 Å². The quantitative estimate of drug-likeness (QED) is 0.692. The maximum atomic E-state index is 12.7. The number of alkyl halides is 3. The van der Waals surface area contributed by atoms with Gasteiger partial charge in [-0.05, 0) is 6.92 Å². The van der Waals surface area contributed by atoms with E-state index < -0.39 is 11.9 Å². The summed E-state index contributed by atoms with van der Waals surface area (Å²) in [5.41, 5.74) is -1.02. The molecule has 0 aliphatic rings. The summed E-state index contributed by atoms with van der Waals surface area (Å²) in [6, 6.07) is 0.828. The number of nitrogens with one attached hydrogen (secondary N) is 3. The van der Waals surface area contributed by atoms with Gasteiger partial charge in [-0.3, -0.25) is 4.79 Å². The first-order valence-corrected chi connectivity index (χ1v) is 6.01. The molecule has 1 aromatic rings. The van der Waals surface area contributed by atoms with Crippen LogP contribution in [-0.4, -0.2) is 35.5 Å². The first-order chi connectivity index (χ1) is 9.32. The highest BCUT2D eigenvalue weighted by Crippen LogP contribution is 2.29. The molecule has 0 aromatic carbocycles. The average Bonchev–Trinajstić information content (AvgIpc) is 2.33. The van der Waals surface area contributed by atoms with E-state index in [2.05, 4.69) is 25.9 Å². The minimum atomic E-state index is -4.54. The molecule has 1 rings (SSSR count). The Balaban J connectivity index is 2.78. The molecule has 0 spiro atoms. The minimum absolute atomic E-state index is 0.0497. The normalized spacial score (nSPS) is 11.1. The van der Waals surface area contributed by atoms with E-state index in [1.165, 1.54) is 6.92 Å². The number of aromatic nitrogens is 2. The zero-order valence-corrected chi connectivity index (χ0v) is 11.1. The van der Waals surface area contributed by atoms with Gasteiger partial charge < -0.3 is 16.0 Å². The Labute approximate surface area is 114 Å². The van der Waals surface area contributed by atoms with Crippen LogP contribution >= 0.6 is 0 Å². The van der Waals surface area contributed by atoms with Crippen molar-refractivity contribution in [3.05, 3.63) is 11.8 Å². The van der Waals surface area contributed by atoms with Crippen LogP contribution in [0.2, 0.25) is 0 Å². The second-order valence-corrected chi connectivity index (χ2v) is 3.90. The van der Waals surface area contributed by atoms with E-state index in [4.69, 9.17) is 0 Å². The Morgan fingerprint density at radius 3 is 2.50 bits per heavy atom. The molecule has 0 aliphatic carbocycles. The SMILES string of the molecule is CCNc1nc(NCCNC(C)=O)cc(C(F)(F)F)n1. The van der Waals surface area contributed by atoms with Gasteiger partial charge in [0.2, 0.25) is 11.9 Å². The predicted octanol–water partition coefficient (Wildman–Crippen LogP) is 1.48. The van der Waals surface area contributed by atoms with E-state index >= 15 is 0 Å². The highest BCUT2D eigenvalue weighted by molar-refractivity contribution is 5.72. The van der Waals surface area contributed by atoms with Crippen molar-refractivity contribution in [1.82, 2.24) is 15.3 Å². The first kappa shape index (κ1) is 16.0. The van der Waals surface area contributed by atoms with Crippen molar-refractivity contribution in [2.24, 2.45) is 0 Å². The van der Waals surface area contributed by atoms with Crippen LogP contribution in [0.25, 0.3) is 0 Å². The number of hydrogen-bond acceptors (Lipinski definition) is 5. The second kappa shape index (κ2) is 6.92. The molecule has 6 nitrogen and oxygen atoms in total. The summed E-state index contributed by atoms with van der Waals surface area (Å²) in [6.07, 6.45) is -4.54. The lowest BCUT2D eigenvalue weighted by Gasteiger charge is -2.12. The second-order valence-electron chi connectivity index (χ2n) is 3.90. The summed E-state index contributed by atoms with van der Waals surface area (Å²) in [4.78, 5) is 18.0. The third-order valence-electron chi connectivity index (χ3n) is 2.16. The van der Waals surface area contributed by atoms with Crippen molar-refractivity contribution in [2.75, 3.05) is 30.3 Å². The number of carbonyl (C=O) groups excluding carboxylic acids is 1. The molecular weight excluding hydrogens is 275 g/mol. The van der Waals surface area contributed by atoms with Crippen LogP contribution in [0.5, 0.6) is 0 Å². The van der Waals surface area contributed by atoms with Crippen molar-refractivity contribution in [2.45, 2.75) is 20.0 Å². The molecular formula is C11H16F3N5O. The molecule has 1 amide bonds. The van der Waals surface area contributed by atoms with Crippen LogP contribution in [-0.2, 0) is 11.0 Å². The predicted molar refractivity (Wildman–Crippen MR) is 68.4 cm³/mol. The number of rotatable bonds is 6. The number of amides is 1. The molecule has 0 saturated carbocycles. The van der Waals surface area contributed by atoms with Crippen LogP contribution < -0.4 is 16.0 Å². The van der Waals surface area contributed by atoms with Gasteiger partial charge in [-0.15, -0.1) is 0 Å². The molecule has 0 bridgehead atoms. The summed E-state index contributed by atoms with van der Waals surface area (Å²) in [6.45, 7) is 4.05. The van der Waals surface area contributed by atoms with Crippen LogP contribution in [0.15, 0.2) is 6.07 Å². The van der Waals surface area contributed by atoms with Crippen molar-refractivity contribution in [1.29, 1.82) is 0 Å². The van der Waals surface area contributed by atoms with Crippen LogP contribution in [0.1, 0.15) is 19.5 Å². The van der Waals surface area contributed by atoms with Crippen molar-refractivity contribution in [3.8, 4) is 0 Å². The first-order valence-electron chi connectivity index (χ1n) is 6.01. The molecule has 112 valence electrons. The van der Waals surface area contributed by atoms with Crippen molar-refractivity contribution in [3.63, 3.8) is 0 Å². The van der Waals surface area contributed by atoms with E-state index in [-0.39, 0.29) is 30.8 Å². The number of nitrogens with zero attached hydrogens (tertiary/aromatic N) is 2. The van der Waals surface area contributed by atoms with Gasteiger partial charge in [0, 0.05) is 32.6 Å². The molecule has 1 heterocycles. The zero-order valence-electron chi connectivity index (χ0n) is 11.1. The van der Waals surface area contributed by atoms with Gasteiger partial charge in [-0.2, -0.15) is 18.2 Å². The maximum absolute atomic E-state index is 12.7. The van der Waals surface area contributed by atoms with Gasteiger partial charge in [0.15, 0.2) is 5.69 Å². The minimum Gasteiger partial charge on any atom is -0.368 e. The Bertz CT molecular complexity index is 464. The topological polar surface area (TPSA) is 78.9 Å². The lowest BCUT2D eigenvalue weighted by atomic mass is 10.3. The van der Waals surface area contributed by atoms with Gasteiger partial charge in [0.1, 0.15) is 5.82 Å². The zero-order chi connectivity index (χ0) is 15.2. The molecule has 1 aromatic heterocycles. The van der Waals surface area contributed by atoms with Crippen molar-refractivity contribution < 1.29 is 18.0 Å². The van der Waals surface area contributed by atoms with Crippen LogP contribution in [0, 0.1) is 0 Å². The molecule has 0 unspecified atom stereocenters. The molecule has 0 saturated heterocycles. The highest BCUT2D eigenvalue weighted by Gasteiger charge is 2.33. The Morgan fingerprint density at radius 1 is 1.25 bits per heavy atom. The smallest absolute Gasteiger partial charge is 0.368 e. The number of anilines is 2. The molecule has 0 radical (unpaired) electrons. The number of hydrogen-bond donors (Lipinski definition) is 3. The van der Waals surface area contributed by atoms with Gasteiger partial charge in [0.25, 0.3) is 0 Å². The fraction of sp³-hybridized carbons (Fsp3) is 0.545. The summed E-state index contributed by atoms with van der Waals surface area (Å²) < 4.78 is 38.0. The summed E-state index contributed by atoms with van der Waals surface area (Å²) in [5, 5.41) is 7.86. The average molecular weight is 291 g/mol. The van der Waals surface area contributed by atoms with Crippen molar-refractivity contribution >= 4 is 17.7 Å². The van der Waals surface area contributed by atoms with Gasteiger partial charge in [-0.1, -0.05) is 0 Å². The van der Waals surface area contributed by atoms with Crippen LogP contribution in [0.4, 0.5) is 24.9 Å². The number of halogens is 3. The number of carbonyl (C=O) groups is 1. The largest absolute Gasteiger partial charge is 0.433 e. The molecule has 20 heavy (non-hydrogen) atoms. The van der Waals surface area contributed by atoms with Crippen LogP contribution in [0.3, 0.4) is 0 Å². The lowest BCUT2D eigenvalue weighted by Crippen LogP contribution is -2.26. The Morgan fingerprint density at radius 2 is 1.95 bits per heavy atom. The fourth-order valence-electron chi connectivity index (χ4n) is 1.35.